The highest BCUT2D eigenvalue weighted by Gasteiger charge is 2.13. The molecule has 30 heavy (non-hydrogen) atoms. The first-order valence-corrected chi connectivity index (χ1v) is 8.93. The normalized spacial score (nSPS) is 10.4. The quantitative estimate of drug-likeness (QED) is 0.376. The van der Waals surface area contributed by atoms with Gasteiger partial charge in [0.2, 0.25) is 5.91 Å². The SMILES string of the molecule is Cc1ccc(F)cc1NC(=O)CNc1cc([N+](=O)[O-])ccc1Nc1ccc(F)cc1. The summed E-state index contributed by atoms with van der Waals surface area (Å²) >= 11 is 0. The third-order valence-corrected chi connectivity index (χ3v) is 4.25. The lowest BCUT2D eigenvalue weighted by Gasteiger charge is -2.14. The van der Waals surface area contributed by atoms with Crippen LogP contribution in [0.25, 0.3) is 0 Å². The zero-order valence-corrected chi connectivity index (χ0v) is 15.9. The Labute approximate surface area is 170 Å². The van der Waals surface area contributed by atoms with Crippen LogP contribution in [0.1, 0.15) is 5.56 Å². The Bertz CT molecular complexity index is 1090. The summed E-state index contributed by atoms with van der Waals surface area (Å²) in [4.78, 5) is 22.8. The minimum atomic E-state index is -0.553. The highest BCUT2D eigenvalue weighted by Crippen LogP contribution is 2.29. The number of nitro benzene ring substituents is 1. The van der Waals surface area contributed by atoms with Gasteiger partial charge in [0.15, 0.2) is 0 Å². The number of rotatable bonds is 7. The highest BCUT2D eigenvalue weighted by atomic mass is 19.1. The van der Waals surface area contributed by atoms with Gasteiger partial charge in [-0.05, 0) is 55.0 Å². The van der Waals surface area contributed by atoms with Crippen molar-refractivity contribution in [2.24, 2.45) is 0 Å². The predicted octanol–water partition coefficient (Wildman–Crippen LogP) is 4.98. The van der Waals surface area contributed by atoms with Crippen LogP contribution in [0.4, 0.5) is 37.2 Å². The summed E-state index contributed by atoms with van der Waals surface area (Å²) in [5, 5.41) is 19.6. The number of carbonyl (C=O) groups is 1. The minimum absolute atomic E-state index is 0.163. The van der Waals surface area contributed by atoms with Crippen molar-refractivity contribution in [3.05, 3.63) is 88.0 Å². The van der Waals surface area contributed by atoms with Gasteiger partial charge in [-0.3, -0.25) is 14.9 Å². The molecule has 0 aliphatic carbocycles. The first-order valence-electron chi connectivity index (χ1n) is 8.93. The monoisotopic (exact) mass is 412 g/mol. The number of non-ortho nitro benzene ring substituents is 1. The predicted molar refractivity (Wildman–Crippen MR) is 111 cm³/mol. The highest BCUT2D eigenvalue weighted by molar-refractivity contribution is 5.95. The summed E-state index contributed by atoms with van der Waals surface area (Å²) in [6.07, 6.45) is 0. The van der Waals surface area contributed by atoms with E-state index in [2.05, 4.69) is 16.0 Å². The molecular weight excluding hydrogens is 394 g/mol. The van der Waals surface area contributed by atoms with Crippen LogP contribution in [-0.4, -0.2) is 17.4 Å². The van der Waals surface area contributed by atoms with Crippen molar-refractivity contribution in [3.63, 3.8) is 0 Å². The molecule has 0 aliphatic heterocycles. The fraction of sp³-hybridized carbons (Fsp3) is 0.0952. The molecule has 9 heteroatoms. The Hall–Kier alpha value is -4.01. The Balaban J connectivity index is 1.76. The lowest BCUT2D eigenvalue weighted by atomic mass is 10.2. The molecule has 3 aromatic carbocycles. The van der Waals surface area contributed by atoms with E-state index in [0.717, 1.165) is 0 Å². The molecule has 3 rings (SSSR count). The number of nitro groups is 1. The Morgan fingerprint density at radius 2 is 1.63 bits per heavy atom. The largest absolute Gasteiger partial charge is 0.374 e. The zero-order valence-electron chi connectivity index (χ0n) is 15.9. The second-order valence-electron chi connectivity index (χ2n) is 6.48. The number of nitrogens with zero attached hydrogens (tertiary/aromatic N) is 1. The molecule has 7 nitrogen and oxygen atoms in total. The van der Waals surface area contributed by atoms with Gasteiger partial charge < -0.3 is 16.0 Å². The molecule has 0 saturated carbocycles. The van der Waals surface area contributed by atoms with Gasteiger partial charge in [-0.1, -0.05) is 6.07 Å². The summed E-state index contributed by atoms with van der Waals surface area (Å²) in [6, 6.07) is 13.7. The molecule has 0 atom stereocenters. The van der Waals surface area contributed by atoms with Crippen LogP contribution in [0, 0.1) is 28.7 Å². The smallest absolute Gasteiger partial charge is 0.271 e. The van der Waals surface area contributed by atoms with Gasteiger partial charge in [0.25, 0.3) is 5.69 Å². The van der Waals surface area contributed by atoms with Gasteiger partial charge in [0, 0.05) is 23.5 Å². The van der Waals surface area contributed by atoms with Crippen LogP contribution in [-0.2, 0) is 4.79 Å². The fourth-order valence-electron chi connectivity index (χ4n) is 2.69. The Morgan fingerprint density at radius 1 is 0.933 bits per heavy atom. The number of halogens is 2. The second kappa shape index (κ2) is 8.99. The van der Waals surface area contributed by atoms with E-state index in [9.17, 15) is 23.7 Å². The average Bonchev–Trinajstić information content (AvgIpc) is 2.71. The third-order valence-electron chi connectivity index (χ3n) is 4.25. The van der Waals surface area contributed by atoms with Gasteiger partial charge >= 0.3 is 0 Å². The summed E-state index contributed by atoms with van der Waals surface area (Å²) in [5.74, 6) is -1.33. The number of aryl methyl sites for hydroxylation is 1. The van der Waals surface area contributed by atoms with Gasteiger partial charge in [-0.15, -0.1) is 0 Å². The lowest BCUT2D eigenvalue weighted by Crippen LogP contribution is -2.22. The van der Waals surface area contributed by atoms with Crippen molar-refractivity contribution in [2.75, 3.05) is 22.5 Å². The summed E-state index contributed by atoms with van der Waals surface area (Å²) in [7, 11) is 0. The molecule has 0 aromatic heterocycles. The van der Waals surface area contributed by atoms with E-state index in [1.807, 2.05) is 0 Å². The Morgan fingerprint density at radius 3 is 2.33 bits per heavy atom. The number of anilines is 4. The number of benzene rings is 3. The topological polar surface area (TPSA) is 96.3 Å². The maximum atomic E-state index is 13.4. The van der Waals surface area contributed by atoms with Crippen LogP contribution in [0.2, 0.25) is 0 Å². The standard InChI is InChI=1S/C21H18F2N4O3/c1-13-2-3-15(23)10-19(13)26-21(28)12-24-20-11-17(27(29)30)8-9-18(20)25-16-6-4-14(22)5-7-16/h2-11,24-25H,12H2,1H3,(H,26,28). The number of hydrogen-bond acceptors (Lipinski definition) is 5. The molecule has 154 valence electrons. The van der Waals surface area contributed by atoms with Crippen LogP contribution >= 0.6 is 0 Å². The molecule has 0 heterocycles. The molecule has 1 amide bonds. The first kappa shape index (κ1) is 20.7. The zero-order chi connectivity index (χ0) is 21.7. The summed E-state index contributed by atoms with van der Waals surface area (Å²) in [6.45, 7) is 1.52. The molecule has 0 unspecified atom stereocenters. The summed E-state index contributed by atoms with van der Waals surface area (Å²) < 4.78 is 26.5. The number of carbonyl (C=O) groups excluding carboxylic acids is 1. The molecule has 0 fully saturated rings. The first-order chi connectivity index (χ1) is 14.3. The van der Waals surface area contributed by atoms with E-state index in [1.54, 1.807) is 13.0 Å². The van der Waals surface area contributed by atoms with Gasteiger partial charge in [0.05, 0.1) is 22.8 Å². The fourth-order valence-corrected chi connectivity index (χ4v) is 2.69. The second-order valence-corrected chi connectivity index (χ2v) is 6.48. The van der Waals surface area contributed by atoms with Crippen molar-refractivity contribution in [1.29, 1.82) is 0 Å². The molecule has 3 aromatic rings. The molecule has 0 bridgehead atoms. The Kier molecular flexibility index (Phi) is 6.21. The van der Waals surface area contributed by atoms with E-state index < -0.39 is 22.5 Å². The van der Waals surface area contributed by atoms with Crippen molar-refractivity contribution in [1.82, 2.24) is 0 Å². The molecule has 0 radical (unpaired) electrons. The van der Waals surface area contributed by atoms with Gasteiger partial charge in [-0.25, -0.2) is 8.78 Å². The molecule has 3 N–H and O–H groups in total. The lowest BCUT2D eigenvalue weighted by molar-refractivity contribution is -0.384. The number of nitrogens with one attached hydrogen (secondary N) is 3. The molecule has 0 aliphatic rings. The van der Waals surface area contributed by atoms with E-state index >= 15 is 0 Å². The van der Waals surface area contributed by atoms with Crippen molar-refractivity contribution in [3.8, 4) is 0 Å². The minimum Gasteiger partial charge on any atom is -0.374 e. The maximum absolute atomic E-state index is 13.4. The average molecular weight is 412 g/mol. The van der Waals surface area contributed by atoms with E-state index in [1.165, 1.54) is 54.6 Å². The van der Waals surface area contributed by atoms with Crippen LogP contribution in [0.5, 0.6) is 0 Å². The number of amides is 1. The molecular formula is C21H18F2N4O3. The van der Waals surface area contributed by atoms with E-state index in [-0.39, 0.29) is 12.2 Å². The van der Waals surface area contributed by atoms with Crippen LogP contribution in [0.15, 0.2) is 60.7 Å². The van der Waals surface area contributed by atoms with Gasteiger partial charge in [-0.2, -0.15) is 0 Å². The molecule has 0 saturated heterocycles. The van der Waals surface area contributed by atoms with Crippen LogP contribution in [0.3, 0.4) is 0 Å². The van der Waals surface area contributed by atoms with Crippen molar-refractivity contribution in [2.45, 2.75) is 6.92 Å². The van der Waals surface area contributed by atoms with Gasteiger partial charge in [0.1, 0.15) is 11.6 Å². The summed E-state index contributed by atoms with van der Waals surface area (Å²) in [5.41, 5.74) is 2.20. The van der Waals surface area contributed by atoms with E-state index in [0.29, 0.717) is 28.3 Å². The van der Waals surface area contributed by atoms with Crippen LogP contribution < -0.4 is 16.0 Å². The third kappa shape index (κ3) is 5.28. The number of hydrogen-bond donors (Lipinski definition) is 3. The van der Waals surface area contributed by atoms with Crippen molar-refractivity contribution < 1.29 is 18.5 Å². The van der Waals surface area contributed by atoms with E-state index in [4.69, 9.17) is 0 Å². The maximum Gasteiger partial charge on any atom is 0.271 e. The molecule has 0 spiro atoms. The van der Waals surface area contributed by atoms with Crippen molar-refractivity contribution >= 4 is 34.3 Å².